The van der Waals surface area contributed by atoms with Crippen molar-refractivity contribution in [1.29, 1.82) is 0 Å². The van der Waals surface area contributed by atoms with Crippen molar-refractivity contribution in [1.82, 2.24) is 9.97 Å². The summed E-state index contributed by atoms with van der Waals surface area (Å²) in [6.45, 7) is 4.46. The maximum atomic E-state index is 14.5. The number of nitrogens with zero attached hydrogens (tertiary/aromatic N) is 2. The van der Waals surface area contributed by atoms with Crippen LogP contribution in [-0.2, 0) is 5.41 Å². The Morgan fingerprint density at radius 1 is 1.09 bits per heavy atom. The van der Waals surface area contributed by atoms with E-state index in [9.17, 15) is 32.2 Å². The number of alkyl halides is 3. The zero-order chi connectivity index (χ0) is 25.8. The van der Waals surface area contributed by atoms with Crippen molar-refractivity contribution in [2.45, 2.75) is 63.1 Å². The monoisotopic (exact) mass is 495 g/mol. The Labute approximate surface area is 199 Å². The van der Waals surface area contributed by atoms with Gasteiger partial charge >= 0.3 is 6.18 Å². The van der Waals surface area contributed by atoms with Crippen LogP contribution in [0.15, 0.2) is 30.5 Å². The number of benzene rings is 2. The number of aryl methyl sites for hydroxylation is 1. The van der Waals surface area contributed by atoms with E-state index < -0.39 is 53.5 Å². The minimum absolute atomic E-state index is 0.00771. The zero-order valence-corrected chi connectivity index (χ0v) is 19.5. The van der Waals surface area contributed by atoms with Crippen molar-refractivity contribution in [3.8, 4) is 5.75 Å². The highest BCUT2D eigenvalue weighted by Crippen LogP contribution is 2.58. The zero-order valence-electron chi connectivity index (χ0n) is 19.5. The molecular weight excluding hydrogens is 469 g/mol. The van der Waals surface area contributed by atoms with Crippen LogP contribution in [0, 0.1) is 18.6 Å². The number of nitrogens with one attached hydrogen (secondary N) is 1. The number of aliphatic hydroxyl groups is 1. The molecule has 188 valence electrons. The third kappa shape index (κ3) is 3.87. The summed E-state index contributed by atoms with van der Waals surface area (Å²) in [6.07, 6.45) is -4.06. The fourth-order valence-electron chi connectivity index (χ4n) is 5.38. The summed E-state index contributed by atoms with van der Waals surface area (Å²) in [7, 11) is 0. The van der Waals surface area contributed by atoms with E-state index in [0.29, 0.717) is 5.82 Å². The lowest BCUT2D eigenvalue weighted by atomic mass is 9.57. The molecule has 10 heteroatoms. The Morgan fingerprint density at radius 2 is 1.74 bits per heavy atom. The van der Waals surface area contributed by atoms with Gasteiger partial charge in [-0.05, 0) is 49.9 Å². The molecular formula is C25H26F5N3O2. The molecule has 0 saturated heterocycles. The molecule has 2 aromatic carbocycles. The Bertz CT molecular complexity index is 1280. The number of hydrogen-bond donors (Lipinski definition) is 3. The average molecular weight is 495 g/mol. The largest absolute Gasteiger partial charge is 0.505 e. The van der Waals surface area contributed by atoms with Gasteiger partial charge in [-0.2, -0.15) is 13.2 Å². The van der Waals surface area contributed by atoms with Crippen LogP contribution in [0.3, 0.4) is 0 Å². The van der Waals surface area contributed by atoms with E-state index >= 15 is 0 Å². The summed E-state index contributed by atoms with van der Waals surface area (Å²) in [5, 5.41) is 25.0. The molecule has 0 spiro atoms. The Hall–Kier alpha value is -3.01. The standard InChI is InChI=1S/C25H26F5N3O2/c1-4-23(5-2)12-24(35,25(28,29)30)16(14-6-7-18(27)22(34)20(14)23)11-32-19-9-8-17(26)21-15(19)10-31-13(3)33-21/h6-10,16,32,34-35H,4-5,11-12H2,1-3H3. The molecule has 3 N–H and O–H groups in total. The Balaban J connectivity index is 1.86. The first-order valence-corrected chi connectivity index (χ1v) is 11.3. The predicted molar refractivity (Wildman–Crippen MR) is 121 cm³/mol. The molecule has 2 unspecified atom stereocenters. The van der Waals surface area contributed by atoms with Crippen LogP contribution in [0.2, 0.25) is 0 Å². The normalized spacial score (nSPS) is 21.7. The fourth-order valence-corrected chi connectivity index (χ4v) is 5.38. The molecule has 0 radical (unpaired) electrons. The van der Waals surface area contributed by atoms with E-state index in [4.69, 9.17) is 0 Å². The van der Waals surface area contributed by atoms with Gasteiger partial charge in [-0.25, -0.2) is 18.7 Å². The predicted octanol–water partition coefficient (Wildman–Crippen LogP) is 5.87. The van der Waals surface area contributed by atoms with E-state index in [1.165, 1.54) is 18.3 Å². The number of aromatic hydroxyl groups is 1. The van der Waals surface area contributed by atoms with Gasteiger partial charge in [0.05, 0.1) is 0 Å². The second-order valence-electron chi connectivity index (χ2n) is 9.15. The molecule has 0 saturated carbocycles. The van der Waals surface area contributed by atoms with Gasteiger partial charge in [0.1, 0.15) is 17.2 Å². The number of phenolic OH excluding ortho intramolecular Hbond substituents is 1. The van der Waals surface area contributed by atoms with Gasteiger partial charge in [0, 0.05) is 40.7 Å². The Morgan fingerprint density at radius 3 is 2.37 bits per heavy atom. The van der Waals surface area contributed by atoms with Crippen LogP contribution in [0.25, 0.3) is 10.9 Å². The number of anilines is 1. The first-order chi connectivity index (χ1) is 16.4. The van der Waals surface area contributed by atoms with Crippen molar-refractivity contribution in [2.75, 3.05) is 11.9 Å². The van der Waals surface area contributed by atoms with Crippen molar-refractivity contribution in [2.24, 2.45) is 0 Å². The lowest BCUT2D eigenvalue weighted by molar-refractivity contribution is -0.278. The van der Waals surface area contributed by atoms with E-state index in [0.717, 1.165) is 12.1 Å². The molecule has 0 aliphatic heterocycles. The molecule has 5 nitrogen and oxygen atoms in total. The van der Waals surface area contributed by atoms with Crippen LogP contribution in [0.5, 0.6) is 5.75 Å². The van der Waals surface area contributed by atoms with Gasteiger partial charge in [0.25, 0.3) is 0 Å². The van der Waals surface area contributed by atoms with Crippen LogP contribution in [0.1, 0.15) is 56.0 Å². The second-order valence-corrected chi connectivity index (χ2v) is 9.15. The summed E-state index contributed by atoms with van der Waals surface area (Å²) in [5.74, 6) is -3.49. The van der Waals surface area contributed by atoms with Gasteiger partial charge in [0.15, 0.2) is 17.2 Å². The smallest absolute Gasteiger partial charge is 0.417 e. The number of phenols is 1. The lowest BCUT2D eigenvalue weighted by Crippen LogP contribution is -2.58. The van der Waals surface area contributed by atoms with Gasteiger partial charge in [-0.1, -0.05) is 19.9 Å². The van der Waals surface area contributed by atoms with E-state index in [1.807, 2.05) is 0 Å². The fraction of sp³-hybridized carbons (Fsp3) is 0.440. The number of hydrogen-bond acceptors (Lipinski definition) is 5. The van der Waals surface area contributed by atoms with Gasteiger partial charge in [0.2, 0.25) is 0 Å². The summed E-state index contributed by atoms with van der Waals surface area (Å²) < 4.78 is 72.0. The number of fused-ring (bicyclic) bond motifs is 2. The third-order valence-corrected chi connectivity index (χ3v) is 7.41. The van der Waals surface area contributed by atoms with Gasteiger partial charge in [-0.15, -0.1) is 0 Å². The summed E-state index contributed by atoms with van der Waals surface area (Å²) in [6, 6.07) is 4.60. The SMILES string of the molecule is CCC1(CC)CC(O)(C(F)(F)F)C(CNc2ccc(F)c3nc(C)ncc23)c2ccc(F)c(O)c21. The molecule has 0 amide bonds. The molecule has 1 aliphatic carbocycles. The minimum atomic E-state index is -5.01. The lowest BCUT2D eigenvalue weighted by Gasteiger charge is -2.51. The second kappa shape index (κ2) is 8.58. The highest BCUT2D eigenvalue weighted by atomic mass is 19.4. The highest BCUT2D eigenvalue weighted by molar-refractivity contribution is 5.91. The van der Waals surface area contributed by atoms with Gasteiger partial charge < -0.3 is 15.5 Å². The first kappa shape index (κ1) is 25.1. The number of aromatic nitrogens is 2. The molecule has 1 aliphatic rings. The molecule has 3 aromatic rings. The maximum Gasteiger partial charge on any atom is 0.417 e. The molecule has 1 aromatic heterocycles. The van der Waals surface area contributed by atoms with E-state index in [1.54, 1.807) is 20.8 Å². The molecule has 1 heterocycles. The molecule has 35 heavy (non-hydrogen) atoms. The summed E-state index contributed by atoms with van der Waals surface area (Å²) in [5.41, 5.74) is -4.05. The van der Waals surface area contributed by atoms with Crippen LogP contribution in [-0.4, -0.2) is 38.5 Å². The molecule has 0 fully saturated rings. The summed E-state index contributed by atoms with van der Waals surface area (Å²) in [4.78, 5) is 8.11. The summed E-state index contributed by atoms with van der Waals surface area (Å²) >= 11 is 0. The third-order valence-electron chi connectivity index (χ3n) is 7.41. The average Bonchev–Trinajstić information content (AvgIpc) is 2.81. The topological polar surface area (TPSA) is 78.3 Å². The first-order valence-electron chi connectivity index (χ1n) is 11.3. The maximum absolute atomic E-state index is 14.5. The van der Waals surface area contributed by atoms with Crippen LogP contribution in [0.4, 0.5) is 27.6 Å². The van der Waals surface area contributed by atoms with Gasteiger partial charge in [-0.3, -0.25) is 0 Å². The van der Waals surface area contributed by atoms with Crippen LogP contribution < -0.4 is 5.32 Å². The Kier molecular flexibility index (Phi) is 6.15. The van der Waals surface area contributed by atoms with Crippen molar-refractivity contribution >= 4 is 16.6 Å². The molecule has 0 bridgehead atoms. The number of halogens is 5. The highest BCUT2D eigenvalue weighted by Gasteiger charge is 2.64. The van der Waals surface area contributed by atoms with E-state index in [-0.39, 0.29) is 40.6 Å². The molecule has 2 atom stereocenters. The van der Waals surface area contributed by atoms with E-state index in [2.05, 4.69) is 15.3 Å². The quantitative estimate of drug-likeness (QED) is 0.386. The van der Waals surface area contributed by atoms with Crippen LogP contribution >= 0.6 is 0 Å². The number of rotatable bonds is 5. The van der Waals surface area contributed by atoms with Crippen molar-refractivity contribution in [3.05, 3.63) is 59.0 Å². The van der Waals surface area contributed by atoms with Crippen molar-refractivity contribution < 1.29 is 32.2 Å². The minimum Gasteiger partial charge on any atom is -0.505 e. The van der Waals surface area contributed by atoms with Crippen molar-refractivity contribution in [3.63, 3.8) is 0 Å². The molecule has 4 rings (SSSR count).